The molecule has 3 amide bonds. The Balaban J connectivity index is 1.65. The Morgan fingerprint density at radius 1 is 1.05 bits per heavy atom. The molecule has 1 saturated heterocycles. The third-order valence-corrected chi connectivity index (χ3v) is 9.16. The summed E-state index contributed by atoms with van der Waals surface area (Å²) in [6.07, 6.45) is 2.37. The second-order valence-corrected chi connectivity index (χ2v) is 12.0. The smallest absolute Gasteiger partial charge is 0.323 e. The number of sulfonamides is 1. The van der Waals surface area contributed by atoms with Crippen LogP contribution >= 0.6 is 11.6 Å². The van der Waals surface area contributed by atoms with Gasteiger partial charge in [0.15, 0.2) is 6.17 Å². The molecule has 0 radical (unpaired) electrons. The van der Waals surface area contributed by atoms with Crippen LogP contribution in [0.25, 0.3) is 0 Å². The highest BCUT2D eigenvalue weighted by molar-refractivity contribution is 7.89. The number of benzene rings is 2. The highest BCUT2D eigenvalue weighted by Crippen LogP contribution is 2.30. The van der Waals surface area contributed by atoms with E-state index in [1.54, 1.807) is 18.2 Å². The van der Waals surface area contributed by atoms with Crippen LogP contribution in [0.1, 0.15) is 38.5 Å². The number of nitrogens with one attached hydrogen (secondary N) is 2. The number of carboxylic acid groups (broad SMARTS) is 1. The zero-order chi connectivity index (χ0) is 28.2. The van der Waals surface area contributed by atoms with Crippen molar-refractivity contribution < 1.29 is 32.3 Å². The molecule has 1 saturated carbocycles. The van der Waals surface area contributed by atoms with E-state index in [0.717, 1.165) is 65.6 Å². The summed E-state index contributed by atoms with van der Waals surface area (Å²) in [5, 5.41) is 15.3. The molecule has 2 atom stereocenters. The number of anilines is 1. The van der Waals surface area contributed by atoms with E-state index in [1.807, 2.05) is 0 Å². The molecule has 2 aliphatic rings. The zero-order valence-electron chi connectivity index (χ0n) is 21.1. The fourth-order valence-electron chi connectivity index (χ4n) is 5.16. The number of carboxylic acids is 1. The number of nitrogens with zero attached hydrogens (tertiary/aromatic N) is 2. The maximum absolute atomic E-state index is 13.7. The van der Waals surface area contributed by atoms with Crippen molar-refractivity contribution >= 4 is 45.2 Å². The van der Waals surface area contributed by atoms with Crippen LogP contribution in [0.15, 0.2) is 53.4 Å². The van der Waals surface area contributed by atoms with Gasteiger partial charge in [0.2, 0.25) is 10.0 Å². The Morgan fingerprint density at radius 2 is 1.74 bits per heavy atom. The number of carbonyl (C=O) groups excluding carboxylic acids is 2. The van der Waals surface area contributed by atoms with Crippen molar-refractivity contribution in [2.45, 2.75) is 55.6 Å². The molecule has 0 spiro atoms. The van der Waals surface area contributed by atoms with Crippen LogP contribution in [0, 0.1) is 11.7 Å². The van der Waals surface area contributed by atoms with Crippen LogP contribution in [0.2, 0.25) is 5.02 Å². The molecule has 0 bridgehead atoms. The van der Waals surface area contributed by atoms with Gasteiger partial charge in [0.1, 0.15) is 5.82 Å². The molecule has 4 rings (SSSR count). The highest BCUT2D eigenvalue weighted by atomic mass is 35.5. The summed E-state index contributed by atoms with van der Waals surface area (Å²) in [6.45, 7) is -0.314. The van der Waals surface area contributed by atoms with Crippen LogP contribution in [0.3, 0.4) is 0 Å². The van der Waals surface area contributed by atoms with Crippen molar-refractivity contribution in [2.24, 2.45) is 5.92 Å². The molecule has 2 unspecified atom stereocenters. The number of rotatable bonds is 8. The molecule has 13 heteroatoms. The normalized spacial score (nSPS) is 19.4. The predicted octanol–water partition coefficient (Wildman–Crippen LogP) is 3.88. The number of urea groups is 1. The molecule has 1 aliphatic heterocycles. The lowest BCUT2D eigenvalue weighted by Crippen LogP contribution is -2.57. The largest absolute Gasteiger partial charge is 0.481 e. The standard InChI is InChI=1S/C26H30ClFN4O6S/c27-18-7-4-8-20(15-18)29-26(36)31-13-14-32(39(37,38)21-11-9-19(28)10-12-21)25(31)24(35)30-22(16-23(33)34)17-5-2-1-3-6-17/h4,7-12,15,17,22,25H,1-3,5-6,13-14,16H2,(H,29,36)(H,30,35)(H,33,34). The van der Waals surface area contributed by atoms with Crippen LogP contribution in [0.4, 0.5) is 14.9 Å². The van der Waals surface area contributed by atoms with Gasteiger partial charge < -0.3 is 15.7 Å². The average molecular weight is 581 g/mol. The Hall–Kier alpha value is -3.22. The molecule has 0 aromatic heterocycles. The summed E-state index contributed by atoms with van der Waals surface area (Å²) in [7, 11) is -4.33. The van der Waals surface area contributed by atoms with Gasteiger partial charge in [-0.3, -0.25) is 14.5 Å². The Bertz CT molecular complexity index is 1320. The molecule has 1 heterocycles. The molecular weight excluding hydrogens is 551 g/mol. The van der Waals surface area contributed by atoms with Crippen LogP contribution in [0.5, 0.6) is 0 Å². The minimum atomic E-state index is -4.33. The molecule has 10 nitrogen and oxygen atoms in total. The Morgan fingerprint density at radius 3 is 2.38 bits per heavy atom. The van der Waals surface area contributed by atoms with Crippen molar-refractivity contribution in [3.05, 3.63) is 59.4 Å². The fraction of sp³-hybridized carbons (Fsp3) is 0.423. The highest BCUT2D eigenvalue weighted by Gasteiger charge is 2.47. The van der Waals surface area contributed by atoms with Crippen LogP contribution < -0.4 is 10.6 Å². The summed E-state index contributed by atoms with van der Waals surface area (Å²) < 4.78 is 41.5. The first-order valence-corrected chi connectivity index (χ1v) is 14.5. The van der Waals surface area contributed by atoms with E-state index >= 15 is 0 Å². The average Bonchev–Trinajstić information content (AvgIpc) is 3.35. The van der Waals surface area contributed by atoms with Crippen molar-refractivity contribution in [1.29, 1.82) is 0 Å². The summed E-state index contributed by atoms with van der Waals surface area (Å²) in [5.41, 5.74) is 0.345. The summed E-state index contributed by atoms with van der Waals surface area (Å²) >= 11 is 6.01. The molecule has 2 aromatic carbocycles. The summed E-state index contributed by atoms with van der Waals surface area (Å²) in [6, 6.07) is 9.03. The number of amides is 3. The maximum atomic E-state index is 13.7. The van der Waals surface area contributed by atoms with Crippen molar-refractivity contribution in [2.75, 3.05) is 18.4 Å². The fourth-order valence-corrected chi connectivity index (χ4v) is 6.90. The third-order valence-electron chi connectivity index (χ3n) is 7.06. The minimum Gasteiger partial charge on any atom is -0.481 e. The zero-order valence-corrected chi connectivity index (χ0v) is 22.6. The second-order valence-electron chi connectivity index (χ2n) is 9.69. The van der Waals surface area contributed by atoms with Crippen LogP contribution in [-0.4, -0.2) is 65.9 Å². The number of halogens is 2. The van der Waals surface area contributed by atoms with Gasteiger partial charge in [-0.1, -0.05) is 36.9 Å². The lowest BCUT2D eigenvalue weighted by atomic mass is 9.82. The van der Waals surface area contributed by atoms with E-state index in [1.165, 1.54) is 6.07 Å². The topological polar surface area (TPSA) is 136 Å². The predicted molar refractivity (Wildman–Crippen MR) is 142 cm³/mol. The van der Waals surface area contributed by atoms with Gasteiger partial charge in [-0.25, -0.2) is 17.6 Å². The van der Waals surface area contributed by atoms with Crippen molar-refractivity contribution in [1.82, 2.24) is 14.5 Å². The van der Waals surface area contributed by atoms with Crippen molar-refractivity contribution in [3.8, 4) is 0 Å². The van der Waals surface area contributed by atoms with E-state index in [0.29, 0.717) is 10.7 Å². The number of carbonyl (C=O) groups is 3. The minimum absolute atomic E-state index is 0.0869. The third kappa shape index (κ3) is 6.87. The first-order valence-electron chi connectivity index (χ1n) is 12.7. The molecular formula is C26H30ClFN4O6S. The second kappa shape index (κ2) is 12.3. The van der Waals surface area contributed by atoms with E-state index in [2.05, 4.69) is 10.6 Å². The molecule has 1 aliphatic carbocycles. The van der Waals surface area contributed by atoms with Gasteiger partial charge in [-0.15, -0.1) is 0 Å². The van der Waals surface area contributed by atoms with Crippen LogP contribution in [-0.2, 0) is 19.6 Å². The molecule has 2 fully saturated rings. The molecule has 39 heavy (non-hydrogen) atoms. The summed E-state index contributed by atoms with van der Waals surface area (Å²) in [5.74, 6) is -2.62. The Labute approximate surface area is 231 Å². The number of aliphatic carboxylic acids is 1. The number of hydrogen-bond acceptors (Lipinski definition) is 5. The van der Waals surface area contributed by atoms with E-state index in [4.69, 9.17) is 11.6 Å². The lowest BCUT2D eigenvalue weighted by molar-refractivity contribution is -0.138. The van der Waals surface area contributed by atoms with Gasteiger partial charge in [-0.05, 0) is 61.2 Å². The maximum Gasteiger partial charge on any atom is 0.323 e. The van der Waals surface area contributed by atoms with E-state index in [9.17, 15) is 32.3 Å². The number of hydrogen-bond donors (Lipinski definition) is 3. The first kappa shape index (κ1) is 28.8. The monoisotopic (exact) mass is 580 g/mol. The van der Waals surface area contributed by atoms with E-state index in [-0.39, 0.29) is 30.3 Å². The lowest BCUT2D eigenvalue weighted by Gasteiger charge is -2.34. The van der Waals surface area contributed by atoms with Gasteiger partial charge in [-0.2, -0.15) is 4.31 Å². The Kier molecular flexibility index (Phi) is 9.08. The van der Waals surface area contributed by atoms with Gasteiger partial charge >= 0.3 is 12.0 Å². The first-order chi connectivity index (χ1) is 18.6. The summed E-state index contributed by atoms with van der Waals surface area (Å²) in [4.78, 5) is 39.5. The van der Waals surface area contributed by atoms with Crippen molar-refractivity contribution in [3.63, 3.8) is 0 Å². The SMILES string of the molecule is O=C(O)CC(NC(=O)C1N(C(=O)Nc2cccc(Cl)c2)CCN1S(=O)(=O)c1ccc(F)cc1)C1CCCCC1. The molecule has 210 valence electrons. The van der Waals surface area contributed by atoms with Gasteiger partial charge in [0.05, 0.1) is 11.3 Å². The molecule has 2 aromatic rings. The van der Waals surface area contributed by atoms with Gasteiger partial charge in [0, 0.05) is 29.8 Å². The quantitative estimate of drug-likeness (QED) is 0.433. The van der Waals surface area contributed by atoms with Gasteiger partial charge in [0.25, 0.3) is 5.91 Å². The molecule has 3 N–H and O–H groups in total. The van der Waals surface area contributed by atoms with E-state index < -0.39 is 46.0 Å².